The van der Waals surface area contributed by atoms with Crippen molar-refractivity contribution in [2.75, 3.05) is 18.5 Å². The minimum Gasteiger partial charge on any atom is -0.463 e. The molecule has 0 heterocycles. The third-order valence-corrected chi connectivity index (χ3v) is 6.04. The number of fused-ring (bicyclic) bond motifs is 1. The summed E-state index contributed by atoms with van der Waals surface area (Å²) in [5.41, 5.74) is 0.522. The highest BCUT2D eigenvalue weighted by Crippen LogP contribution is 2.19. The van der Waals surface area contributed by atoms with Crippen LogP contribution < -0.4 is 16.0 Å². The van der Waals surface area contributed by atoms with E-state index in [9.17, 15) is 24.3 Å². The lowest BCUT2D eigenvalue weighted by molar-refractivity contribution is -0.146. The molecule has 0 saturated carbocycles. The lowest BCUT2D eigenvalue weighted by atomic mass is 9.99. The van der Waals surface area contributed by atoms with Gasteiger partial charge in [-0.05, 0) is 55.5 Å². The first kappa shape index (κ1) is 31.2. The number of anilines is 1. The number of aliphatic hydroxyl groups excluding tert-OH is 1. The average Bonchev–Trinajstić information content (AvgIpc) is 2.92. The van der Waals surface area contributed by atoms with E-state index < -0.39 is 41.7 Å². The van der Waals surface area contributed by atoms with Crippen molar-refractivity contribution in [1.29, 1.82) is 0 Å². The van der Waals surface area contributed by atoms with E-state index in [1.165, 1.54) is 6.08 Å². The van der Waals surface area contributed by atoms with Crippen molar-refractivity contribution in [3.05, 3.63) is 67.8 Å². The molecule has 2 aromatic carbocycles. The SMILES string of the molecule is C=CCCCCC(=O)OC[C@H](NC(=O)[C@H](CC=C)CC(=O)N[C@H](C)CO)C(=O)Nc1ccc2ccccc2c1. The molecule has 3 amide bonds. The number of benzene rings is 2. The summed E-state index contributed by atoms with van der Waals surface area (Å²) < 4.78 is 5.33. The highest BCUT2D eigenvalue weighted by atomic mass is 16.5. The molecule has 210 valence electrons. The van der Waals surface area contributed by atoms with Gasteiger partial charge < -0.3 is 25.8 Å². The molecule has 0 aliphatic heterocycles. The maximum Gasteiger partial charge on any atom is 0.305 e. The Bertz CT molecular complexity index is 1150. The van der Waals surface area contributed by atoms with Crippen molar-refractivity contribution >= 4 is 40.2 Å². The number of ether oxygens (including phenoxy) is 1. The van der Waals surface area contributed by atoms with Gasteiger partial charge in [-0.1, -0.05) is 42.5 Å². The number of aliphatic hydroxyl groups is 1. The summed E-state index contributed by atoms with van der Waals surface area (Å²) in [5.74, 6) is -2.81. The lowest BCUT2D eigenvalue weighted by Crippen LogP contribution is -2.49. The van der Waals surface area contributed by atoms with Gasteiger partial charge in [0.05, 0.1) is 12.5 Å². The Morgan fingerprint density at radius 3 is 2.41 bits per heavy atom. The second-order valence-corrected chi connectivity index (χ2v) is 9.41. The summed E-state index contributed by atoms with van der Waals surface area (Å²) in [6.07, 6.45) is 5.70. The van der Waals surface area contributed by atoms with Gasteiger partial charge in [0, 0.05) is 24.6 Å². The molecule has 0 aliphatic carbocycles. The second-order valence-electron chi connectivity index (χ2n) is 9.41. The number of carbonyl (C=O) groups excluding carboxylic acids is 4. The molecule has 0 unspecified atom stereocenters. The minimum absolute atomic E-state index is 0.162. The van der Waals surface area contributed by atoms with Crippen molar-refractivity contribution in [3.63, 3.8) is 0 Å². The van der Waals surface area contributed by atoms with E-state index in [1.54, 1.807) is 19.1 Å². The van der Waals surface area contributed by atoms with Gasteiger partial charge in [-0.3, -0.25) is 19.2 Å². The van der Waals surface area contributed by atoms with Crippen LogP contribution in [0.15, 0.2) is 67.8 Å². The number of allylic oxidation sites excluding steroid dienone is 2. The van der Waals surface area contributed by atoms with Crippen molar-refractivity contribution in [2.45, 2.75) is 57.5 Å². The fourth-order valence-corrected chi connectivity index (χ4v) is 3.86. The third kappa shape index (κ3) is 11.1. The normalized spacial score (nSPS) is 13.0. The highest BCUT2D eigenvalue weighted by Gasteiger charge is 2.28. The van der Waals surface area contributed by atoms with Crippen molar-refractivity contribution in [2.24, 2.45) is 5.92 Å². The van der Waals surface area contributed by atoms with Gasteiger partial charge >= 0.3 is 5.97 Å². The van der Waals surface area contributed by atoms with Crippen LogP contribution in [0, 0.1) is 5.92 Å². The van der Waals surface area contributed by atoms with Crippen molar-refractivity contribution < 1.29 is 29.0 Å². The monoisotopic (exact) mass is 537 g/mol. The van der Waals surface area contributed by atoms with Gasteiger partial charge in [-0.25, -0.2) is 0 Å². The standard InChI is InChI=1S/C30H39N3O6/c1-4-6-7-8-14-28(36)39-20-26(30(38)32-25-16-15-22-12-9-10-13-23(22)17-25)33-29(37)24(11-5-2)18-27(35)31-21(3)19-34/h4-5,9-10,12-13,15-17,21,24,26,34H,1-2,6-8,11,14,18-20H2,3H3,(H,31,35)(H,32,38)(H,33,37)/t21-,24-,26+/m1/s1. The first-order valence-corrected chi connectivity index (χ1v) is 13.1. The summed E-state index contributed by atoms with van der Waals surface area (Å²) in [7, 11) is 0. The van der Waals surface area contributed by atoms with Crippen molar-refractivity contribution in [3.8, 4) is 0 Å². The molecular weight excluding hydrogens is 498 g/mol. The molecular formula is C30H39N3O6. The predicted molar refractivity (Wildman–Crippen MR) is 152 cm³/mol. The number of carbonyl (C=O) groups is 4. The average molecular weight is 538 g/mol. The van der Waals surface area contributed by atoms with Crippen LogP contribution in [0.25, 0.3) is 10.8 Å². The maximum atomic E-state index is 13.2. The molecule has 39 heavy (non-hydrogen) atoms. The number of nitrogens with one attached hydrogen (secondary N) is 3. The zero-order valence-corrected chi connectivity index (χ0v) is 22.5. The topological polar surface area (TPSA) is 134 Å². The minimum atomic E-state index is -1.19. The van der Waals surface area contributed by atoms with E-state index in [0.717, 1.165) is 23.6 Å². The van der Waals surface area contributed by atoms with E-state index in [-0.39, 0.29) is 32.5 Å². The number of unbranched alkanes of at least 4 members (excludes halogenated alkanes) is 2. The molecule has 0 bridgehead atoms. The van der Waals surface area contributed by atoms with Crippen LogP contribution in [0.3, 0.4) is 0 Å². The molecule has 9 heteroatoms. The Kier molecular flexibility index (Phi) is 13.4. The molecule has 3 atom stereocenters. The van der Waals surface area contributed by atoms with Gasteiger partial charge in [0.25, 0.3) is 5.91 Å². The zero-order valence-electron chi connectivity index (χ0n) is 22.5. The number of amides is 3. The Labute approximate surface area is 229 Å². The maximum absolute atomic E-state index is 13.2. The Balaban J connectivity index is 2.13. The summed E-state index contributed by atoms with van der Waals surface area (Å²) in [4.78, 5) is 51.0. The Hall–Kier alpha value is -3.98. The summed E-state index contributed by atoms with van der Waals surface area (Å²) in [5, 5.41) is 19.1. The molecule has 0 spiro atoms. The molecule has 9 nitrogen and oxygen atoms in total. The largest absolute Gasteiger partial charge is 0.463 e. The summed E-state index contributed by atoms with van der Waals surface area (Å²) in [6.45, 7) is 8.35. The Morgan fingerprint density at radius 2 is 1.72 bits per heavy atom. The predicted octanol–water partition coefficient (Wildman–Crippen LogP) is 3.63. The smallest absolute Gasteiger partial charge is 0.305 e. The number of hydrogen-bond acceptors (Lipinski definition) is 6. The van der Waals surface area contributed by atoms with Gasteiger partial charge in [-0.2, -0.15) is 0 Å². The lowest BCUT2D eigenvalue weighted by Gasteiger charge is -2.22. The molecule has 0 fully saturated rings. The van der Waals surface area contributed by atoms with E-state index in [2.05, 4.69) is 29.1 Å². The number of hydrogen-bond donors (Lipinski definition) is 4. The first-order valence-electron chi connectivity index (χ1n) is 13.1. The van der Waals surface area contributed by atoms with Crippen LogP contribution in [0.1, 0.15) is 45.4 Å². The van der Waals surface area contributed by atoms with Gasteiger partial charge in [0.1, 0.15) is 12.6 Å². The number of esters is 1. The molecule has 0 saturated heterocycles. The van der Waals surface area contributed by atoms with E-state index in [1.807, 2.05) is 36.4 Å². The van der Waals surface area contributed by atoms with Crippen molar-refractivity contribution in [1.82, 2.24) is 10.6 Å². The highest BCUT2D eigenvalue weighted by molar-refractivity contribution is 5.99. The van der Waals surface area contributed by atoms with Crippen LogP contribution in [0.5, 0.6) is 0 Å². The first-order chi connectivity index (χ1) is 18.8. The van der Waals surface area contributed by atoms with Gasteiger partial charge in [-0.15, -0.1) is 13.2 Å². The molecule has 4 N–H and O–H groups in total. The van der Waals surface area contributed by atoms with E-state index in [4.69, 9.17) is 4.74 Å². The van der Waals surface area contributed by atoms with Crippen LogP contribution in [-0.2, 0) is 23.9 Å². The van der Waals surface area contributed by atoms with Crippen LogP contribution >= 0.6 is 0 Å². The zero-order chi connectivity index (χ0) is 28.6. The van der Waals surface area contributed by atoms with Gasteiger partial charge in [0.2, 0.25) is 11.8 Å². The molecule has 2 aromatic rings. The molecule has 0 radical (unpaired) electrons. The number of rotatable bonds is 17. The quantitative estimate of drug-likeness (QED) is 0.138. The molecule has 0 aromatic heterocycles. The van der Waals surface area contributed by atoms with Crippen LogP contribution in [0.2, 0.25) is 0 Å². The van der Waals surface area contributed by atoms with Crippen LogP contribution in [-0.4, -0.2) is 54.1 Å². The van der Waals surface area contributed by atoms with E-state index >= 15 is 0 Å². The van der Waals surface area contributed by atoms with Crippen LogP contribution in [0.4, 0.5) is 5.69 Å². The second kappa shape index (κ2) is 16.8. The summed E-state index contributed by atoms with van der Waals surface area (Å²) >= 11 is 0. The molecule has 2 rings (SSSR count). The molecule has 0 aliphatic rings. The third-order valence-electron chi connectivity index (χ3n) is 6.04. The Morgan fingerprint density at radius 1 is 0.974 bits per heavy atom. The van der Waals surface area contributed by atoms with Gasteiger partial charge in [0.15, 0.2) is 0 Å². The summed E-state index contributed by atoms with van der Waals surface area (Å²) in [6, 6.07) is 11.5. The fourth-order valence-electron chi connectivity index (χ4n) is 3.86. The van der Waals surface area contributed by atoms with E-state index in [0.29, 0.717) is 12.1 Å². The fraction of sp³-hybridized carbons (Fsp3) is 0.400.